The molecule has 1 aliphatic rings. The predicted molar refractivity (Wildman–Crippen MR) is 120 cm³/mol. The summed E-state index contributed by atoms with van der Waals surface area (Å²) < 4.78 is 5.36. The van der Waals surface area contributed by atoms with Gasteiger partial charge in [0.25, 0.3) is 5.89 Å². The molecule has 0 bridgehead atoms. The van der Waals surface area contributed by atoms with Gasteiger partial charge in [-0.15, -0.1) is 0 Å². The topological polar surface area (TPSA) is 68.0 Å². The van der Waals surface area contributed by atoms with E-state index in [0.29, 0.717) is 17.6 Å². The van der Waals surface area contributed by atoms with Crippen molar-refractivity contribution >= 4 is 6.41 Å². The highest BCUT2D eigenvalue weighted by Gasteiger charge is 2.27. The quantitative estimate of drug-likeness (QED) is 0.537. The molecule has 4 rings (SSSR count). The monoisotopic (exact) mass is 405 g/mol. The van der Waals surface area contributed by atoms with E-state index >= 15 is 0 Å². The normalized spacial score (nSPS) is 14.8. The van der Waals surface area contributed by atoms with Crippen LogP contribution in [0.3, 0.4) is 0 Å². The highest BCUT2D eigenvalue weighted by atomic mass is 16.5. The van der Waals surface area contributed by atoms with E-state index in [-0.39, 0.29) is 5.54 Å². The molecule has 0 spiro atoms. The summed E-state index contributed by atoms with van der Waals surface area (Å²) in [6.07, 6.45) is 6.71. The summed E-state index contributed by atoms with van der Waals surface area (Å²) in [6.45, 7) is 6.55. The third-order valence-corrected chi connectivity index (χ3v) is 5.42. The lowest BCUT2D eigenvalue weighted by Gasteiger charge is -2.21. The Bertz CT molecular complexity index is 911. The molecule has 1 aliphatic carbocycles. The van der Waals surface area contributed by atoms with Crippen molar-refractivity contribution < 1.29 is 9.32 Å². The van der Waals surface area contributed by atoms with Gasteiger partial charge in [0.1, 0.15) is 0 Å². The molecular weight excluding hydrogens is 374 g/mol. The minimum atomic E-state index is 0.127. The molecule has 0 atom stereocenters. The Balaban J connectivity index is 0.000000239. The second-order valence-corrected chi connectivity index (χ2v) is 8.61. The highest BCUT2D eigenvalue weighted by Crippen LogP contribution is 2.28. The van der Waals surface area contributed by atoms with Crippen molar-refractivity contribution in [2.24, 2.45) is 5.92 Å². The van der Waals surface area contributed by atoms with Crippen LogP contribution in [0, 0.1) is 5.92 Å². The fourth-order valence-corrected chi connectivity index (χ4v) is 3.74. The summed E-state index contributed by atoms with van der Waals surface area (Å²) >= 11 is 0. The maximum absolute atomic E-state index is 10.1. The third kappa shape index (κ3) is 6.02. The lowest BCUT2D eigenvalue weighted by Crippen LogP contribution is -2.38. The molecule has 0 saturated heterocycles. The minimum absolute atomic E-state index is 0.127. The summed E-state index contributed by atoms with van der Waals surface area (Å²) in [6, 6.07) is 18.2. The van der Waals surface area contributed by atoms with Crippen LogP contribution in [-0.4, -0.2) is 22.1 Å². The fraction of sp³-hybridized carbons (Fsp3) is 0.400. The van der Waals surface area contributed by atoms with Gasteiger partial charge in [-0.25, -0.2) is 0 Å². The van der Waals surface area contributed by atoms with E-state index in [4.69, 9.17) is 4.52 Å². The average Bonchev–Trinajstić information content (AvgIpc) is 3.39. The number of carbonyl (C=O) groups excluding carboxylic acids is 1. The van der Waals surface area contributed by atoms with Crippen molar-refractivity contribution in [3.63, 3.8) is 0 Å². The first kappa shape index (κ1) is 21.8. The van der Waals surface area contributed by atoms with Crippen LogP contribution in [0.2, 0.25) is 0 Å². The molecule has 1 N–H and O–H groups in total. The Hall–Kier alpha value is -2.95. The molecule has 30 heavy (non-hydrogen) atoms. The molecule has 0 unspecified atom stereocenters. The van der Waals surface area contributed by atoms with Crippen LogP contribution in [0.5, 0.6) is 0 Å². The van der Waals surface area contributed by atoms with Crippen LogP contribution in [-0.2, 0) is 11.2 Å². The molecule has 158 valence electrons. The van der Waals surface area contributed by atoms with Gasteiger partial charge in [0.15, 0.2) is 0 Å². The van der Waals surface area contributed by atoms with Gasteiger partial charge in [-0.3, -0.25) is 4.79 Å². The van der Waals surface area contributed by atoms with Crippen molar-refractivity contribution in [1.29, 1.82) is 0 Å². The van der Waals surface area contributed by atoms with Crippen molar-refractivity contribution in [2.45, 2.75) is 58.4 Å². The molecule has 0 radical (unpaired) electrons. The Morgan fingerprint density at radius 3 is 2.30 bits per heavy atom. The van der Waals surface area contributed by atoms with Crippen molar-refractivity contribution in [2.75, 3.05) is 0 Å². The number of hydrogen-bond donors (Lipinski definition) is 1. The standard InChI is InChI=1S/C18H18N2O.C7H13NO/c1-13(2)12-14-8-10-16(11-9-14)18-19-17(20-21-18)15-6-4-3-5-7-15;1-7(8-6-9)4-2-3-5-7/h3-11,13H,12H2,1-2H3;6H,2-5H2,1H3,(H,8,9). The van der Waals surface area contributed by atoms with Gasteiger partial charge in [0.05, 0.1) is 0 Å². The highest BCUT2D eigenvalue weighted by molar-refractivity contribution is 5.59. The number of benzene rings is 2. The van der Waals surface area contributed by atoms with E-state index in [0.717, 1.165) is 36.8 Å². The zero-order valence-corrected chi connectivity index (χ0v) is 18.1. The van der Waals surface area contributed by atoms with Gasteiger partial charge >= 0.3 is 0 Å². The third-order valence-electron chi connectivity index (χ3n) is 5.42. The van der Waals surface area contributed by atoms with Gasteiger partial charge in [-0.05, 0) is 49.8 Å². The van der Waals surface area contributed by atoms with E-state index in [1.165, 1.54) is 18.4 Å². The summed E-state index contributed by atoms with van der Waals surface area (Å²) in [7, 11) is 0. The second-order valence-electron chi connectivity index (χ2n) is 8.61. The number of nitrogens with zero attached hydrogens (tertiary/aromatic N) is 2. The van der Waals surface area contributed by atoms with Crippen LogP contribution in [0.4, 0.5) is 0 Å². The summed E-state index contributed by atoms with van der Waals surface area (Å²) in [5.41, 5.74) is 3.37. The molecule has 1 fully saturated rings. The van der Waals surface area contributed by atoms with E-state index in [1.807, 2.05) is 42.5 Å². The first-order valence-corrected chi connectivity index (χ1v) is 10.7. The summed E-state index contributed by atoms with van der Waals surface area (Å²) in [5, 5.41) is 6.89. The molecule has 2 aromatic carbocycles. The van der Waals surface area contributed by atoms with Gasteiger partial charge in [0.2, 0.25) is 12.2 Å². The maximum atomic E-state index is 10.1. The number of hydrogen-bond acceptors (Lipinski definition) is 4. The molecule has 1 amide bonds. The molecule has 5 nitrogen and oxygen atoms in total. The van der Waals surface area contributed by atoms with Crippen molar-refractivity contribution in [3.8, 4) is 22.8 Å². The smallest absolute Gasteiger partial charge is 0.258 e. The maximum Gasteiger partial charge on any atom is 0.258 e. The number of carbonyl (C=O) groups is 1. The van der Waals surface area contributed by atoms with Crippen LogP contribution in [0.1, 0.15) is 52.0 Å². The Labute approximate surface area is 178 Å². The first-order valence-electron chi connectivity index (χ1n) is 10.7. The fourth-order valence-electron chi connectivity index (χ4n) is 3.74. The predicted octanol–water partition coefficient (Wildman–Crippen LogP) is 5.67. The Morgan fingerprint density at radius 1 is 1.03 bits per heavy atom. The van der Waals surface area contributed by atoms with Gasteiger partial charge in [0, 0.05) is 16.7 Å². The van der Waals surface area contributed by atoms with Crippen LogP contribution >= 0.6 is 0 Å². The number of nitrogens with one attached hydrogen (secondary N) is 1. The van der Waals surface area contributed by atoms with E-state index in [1.54, 1.807) is 0 Å². The number of amides is 1. The number of rotatable bonds is 6. The molecule has 0 aliphatic heterocycles. The number of aromatic nitrogens is 2. The van der Waals surface area contributed by atoms with Gasteiger partial charge in [-0.1, -0.05) is 74.3 Å². The van der Waals surface area contributed by atoms with E-state index < -0.39 is 0 Å². The van der Waals surface area contributed by atoms with Crippen molar-refractivity contribution in [1.82, 2.24) is 15.5 Å². The summed E-state index contributed by atoms with van der Waals surface area (Å²) in [4.78, 5) is 14.5. The molecule has 1 aromatic heterocycles. The zero-order valence-electron chi connectivity index (χ0n) is 18.1. The van der Waals surface area contributed by atoms with Crippen molar-refractivity contribution in [3.05, 3.63) is 60.2 Å². The lowest BCUT2D eigenvalue weighted by molar-refractivity contribution is -0.111. The molecule has 1 heterocycles. The summed E-state index contributed by atoms with van der Waals surface area (Å²) in [5.74, 6) is 1.84. The van der Waals surface area contributed by atoms with Crippen LogP contribution in [0.15, 0.2) is 59.1 Å². The molecule has 1 saturated carbocycles. The van der Waals surface area contributed by atoms with Gasteiger partial charge < -0.3 is 9.84 Å². The lowest BCUT2D eigenvalue weighted by atomic mass is 10.0. The van der Waals surface area contributed by atoms with Crippen LogP contribution < -0.4 is 5.32 Å². The average molecular weight is 406 g/mol. The second kappa shape index (κ2) is 10.2. The van der Waals surface area contributed by atoms with Gasteiger partial charge in [-0.2, -0.15) is 4.98 Å². The Morgan fingerprint density at radius 2 is 1.70 bits per heavy atom. The SMILES string of the molecule is CC(C)Cc1ccc(-c2nc(-c3ccccc3)no2)cc1.CC1(NC=O)CCCC1. The van der Waals surface area contributed by atoms with E-state index in [2.05, 4.69) is 48.4 Å². The molecule has 3 aromatic rings. The first-order chi connectivity index (χ1) is 14.5. The van der Waals surface area contributed by atoms with E-state index in [9.17, 15) is 4.79 Å². The minimum Gasteiger partial charge on any atom is -0.354 e. The Kier molecular flexibility index (Phi) is 7.39. The largest absolute Gasteiger partial charge is 0.354 e. The zero-order chi connectivity index (χ0) is 21.4. The molecular formula is C25H31N3O2. The molecule has 5 heteroatoms. The van der Waals surface area contributed by atoms with Crippen LogP contribution in [0.25, 0.3) is 22.8 Å².